The maximum Gasteiger partial charge on any atom is 0.289 e. The van der Waals surface area contributed by atoms with Crippen LogP contribution in [0, 0.1) is 6.92 Å². The molecule has 2 amide bonds. The zero-order chi connectivity index (χ0) is 22.2. The van der Waals surface area contributed by atoms with Crippen LogP contribution in [0.5, 0.6) is 0 Å². The number of nitrogens with zero attached hydrogens (tertiary/aromatic N) is 2. The third kappa shape index (κ3) is 3.45. The van der Waals surface area contributed by atoms with Crippen LogP contribution in [0.3, 0.4) is 0 Å². The van der Waals surface area contributed by atoms with Gasteiger partial charge in [-0.15, -0.1) is 11.3 Å². The number of carbonyl (C=O) groups is 2. The molecule has 32 heavy (non-hydrogen) atoms. The molecular weight excluding hydrogens is 426 g/mol. The Labute approximate surface area is 188 Å². The molecule has 0 spiro atoms. The number of para-hydroxylation sites is 1. The number of aryl methyl sites for hydroxylation is 1. The number of nitrogens with one attached hydrogen (secondary N) is 1. The summed E-state index contributed by atoms with van der Waals surface area (Å²) in [6, 6.07) is 11.5. The topological polar surface area (TPSA) is 95.7 Å². The van der Waals surface area contributed by atoms with E-state index in [1.807, 2.05) is 48.2 Å². The first-order valence-electron chi connectivity index (χ1n) is 10.6. The normalized spacial score (nSPS) is 16.2. The Bertz CT molecular complexity index is 1330. The molecule has 0 bridgehead atoms. The second kappa shape index (κ2) is 8.37. The van der Waals surface area contributed by atoms with Gasteiger partial charge in [0.1, 0.15) is 10.4 Å². The fraction of sp³-hybridized carbons (Fsp3) is 0.292. The van der Waals surface area contributed by atoms with Crippen LogP contribution in [0.1, 0.15) is 43.7 Å². The van der Waals surface area contributed by atoms with Crippen LogP contribution in [-0.2, 0) is 0 Å². The Hall–Kier alpha value is -3.23. The van der Waals surface area contributed by atoms with E-state index < -0.39 is 0 Å². The molecule has 1 saturated heterocycles. The van der Waals surface area contributed by atoms with Crippen LogP contribution in [0.2, 0.25) is 0 Å². The summed E-state index contributed by atoms with van der Waals surface area (Å²) in [5, 5.41) is 13.7. The van der Waals surface area contributed by atoms with Crippen molar-refractivity contribution in [1.82, 2.24) is 15.2 Å². The molecule has 164 valence electrons. The lowest BCUT2D eigenvalue weighted by molar-refractivity contribution is 0.0760. The van der Waals surface area contributed by atoms with Crippen molar-refractivity contribution in [1.29, 1.82) is 0 Å². The number of aliphatic hydroxyl groups excluding tert-OH is 1. The van der Waals surface area contributed by atoms with E-state index in [1.165, 1.54) is 11.3 Å². The second-order valence-corrected chi connectivity index (χ2v) is 8.97. The summed E-state index contributed by atoms with van der Waals surface area (Å²) in [5.41, 5.74) is 2.50. The highest BCUT2D eigenvalue weighted by Crippen LogP contribution is 2.40. The average molecular weight is 450 g/mol. The van der Waals surface area contributed by atoms with Crippen molar-refractivity contribution in [3.8, 4) is 0 Å². The van der Waals surface area contributed by atoms with Crippen molar-refractivity contribution in [2.45, 2.75) is 19.3 Å². The summed E-state index contributed by atoms with van der Waals surface area (Å²) in [5.74, 6) is 0.0705. The number of rotatable bonds is 5. The van der Waals surface area contributed by atoms with Gasteiger partial charge in [-0.25, -0.2) is 4.98 Å². The standard InChI is InChI=1S/C24H23N3O4S/c1-14-16-5-2-3-7-18(16)31-20(14)24(30)27-11-8-15(13-27)19-17-6-4-9-26-23(17)32-21(19)22(29)25-10-12-28/h2-7,9,15,28H,8,10-13H2,1H3,(H,25,29). The first kappa shape index (κ1) is 20.7. The van der Waals surface area contributed by atoms with Gasteiger partial charge in [0.2, 0.25) is 0 Å². The highest BCUT2D eigenvalue weighted by atomic mass is 32.1. The van der Waals surface area contributed by atoms with Gasteiger partial charge in [-0.3, -0.25) is 9.59 Å². The smallest absolute Gasteiger partial charge is 0.289 e. The molecule has 3 aromatic heterocycles. The Morgan fingerprint density at radius 1 is 1.25 bits per heavy atom. The van der Waals surface area contributed by atoms with E-state index in [4.69, 9.17) is 9.52 Å². The zero-order valence-corrected chi connectivity index (χ0v) is 18.4. The van der Waals surface area contributed by atoms with E-state index >= 15 is 0 Å². The zero-order valence-electron chi connectivity index (χ0n) is 17.6. The Balaban J connectivity index is 1.45. The molecule has 1 aliphatic heterocycles. The predicted molar refractivity (Wildman–Crippen MR) is 123 cm³/mol. The van der Waals surface area contributed by atoms with Gasteiger partial charge < -0.3 is 19.7 Å². The quantitative estimate of drug-likeness (QED) is 0.484. The van der Waals surface area contributed by atoms with Crippen molar-refractivity contribution < 1.29 is 19.1 Å². The summed E-state index contributed by atoms with van der Waals surface area (Å²) >= 11 is 1.35. The molecule has 4 heterocycles. The van der Waals surface area contributed by atoms with Crippen molar-refractivity contribution in [2.75, 3.05) is 26.2 Å². The van der Waals surface area contributed by atoms with E-state index in [9.17, 15) is 9.59 Å². The summed E-state index contributed by atoms with van der Waals surface area (Å²) < 4.78 is 5.89. The fourth-order valence-electron chi connectivity index (χ4n) is 4.48. The van der Waals surface area contributed by atoms with Crippen LogP contribution >= 0.6 is 11.3 Å². The van der Waals surface area contributed by atoms with E-state index in [2.05, 4.69) is 10.3 Å². The number of hydrogen-bond donors (Lipinski definition) is 2. The number of likely N-dealkylation sites (tertiary alicyclic amines) is 1. The maximum atomic E-state index is 13.3. The number of fused-ring (bicyclic) bond motifs is 2. The van der Waals surface area contributed by atoms with E-state index in [1.54, 1.807) is 6.20 Å². The molecular formula is C24H23N3O4S. The fourth-order valence-corrected chi connectivity index (χ4v) is 5.62. The van der Waals surface area contributed by atoms with Crippen LogP contribution < -0.4 is 5.32 Å². The molecule has 5 rings (SSSR count). The third-order valence-electron chi connectivity index (χ3n) is 6.03. The minimum atomic E-state index is -0.213. The van der Waals surface area contributed by atoms with Crippen LogP contribution in [-0.4, -0.2) is 53.0 Å². The highest BCUT2D eigenvalue weighted by Gasteiger charge is 2.34. The number of thiophene rings is 1. The minimum Gasteiger partial charge on any atom is -0.451 e. The first-order valence-corrected chi connectivity index (χ1v) is 11.4. The van der Waals surface area contributed by atoms with E-state index in [-0.39, 0.29) is 30.9 Å². The molecule has 4 aromatic rings. The molecule has 8 heteroatoms. The monoisotopic (exact) mass is 449 g/mol. The largest absolute Gasteiger partial charge is 0.451 e. The summed E-state index contributed by atoms with van der Waals surface area (Å²) in [6.07, 6.45) is 2.47. The summed E-state index contributed by atoms with van der Waals surface area (Å²) in [6.45, 7) is 3.09. The van der Waals surface area contributed by atoms with Crippen LogP contribution in [0.15, 0.2) is 47.0 Å². The lowest BCUT2D eigenvalue weighted by Gasteiger charge is -2.16. The van der Waals surface area contributed by atoms with Gasteiger partial charge >= 0.3 is 0 Å². The molecule has 0 saturated carbocycles. The van der Waals surface area contributed by atoms with Crippen molar-refractivity contribution in [3.05, 3.63) is 64.4 Å². The summed E-state index contributed by atoms with van der Waals surface area (Å²) in [4.78, 5) is 33.7. The number of aliphatic hydroxyl groups is 1. The molecule has 0 radical (unpaired) electrons. The lowest BCUT2D eigenvalue weighted by atomic mass is 9.95. The molecule has 1 aliphatic rings. The first-order chi connectivity index (χ1) is 15.6. The SMILES string of the molecule is Cc1c(C(=O)N2CCC(c3c(C(=O)NCCO)sc4ncccc34)C2)oc2ccccc12. The van der Waals surface area contributed by atoms with Crippen molar-refractivity contribution in [2.24, 2.45) is 0 Å². The number of carbonyl (C=O) groups excluding carboxylic acids is 2. The average Bonchev–Trinajstić information content (AvgIpc) is 3.52. The number of pyridine rings is 1. The number of furan rings is 1. The molecule has 2 N–H and O–H groups in total. The number of hydrogen-bond acceptors (Lipinski definition) is 6. The summed E-state index contributed by atoms with van der Waals surface area (Å²) in [7, 11) is 0. The number of amides is 2. The molecule has 1 unspecified atom stereocenters. The van der Waals surface area contributed by atoms with Crippen LogP contribution in [0.25, 0.3) is 21.2 Å². The number of aromatic nitrogens is 1. The van der Waals surface area contributed by atoms with Gasteiger partial charge in [-0.2, -0.15) is 0 Å². The molecule has 7 nitrogen and oxygen atoms in total. The molecule has 1 atom stereocenters. The minimum absolute atomic E-state index is 0.0245. The molecule has 1 aromatic carbocycles. The van der Waals surface area contributed by atoms with Gasteiger partial charge in [-0.1, -0.05) is 24.3 Å². The van der Waals surface area contributed by atoms with Gasteiger partial charge in [0.15, 0.2) is 5.76 Å². The number of benzene rings is 1. The molecule has 0 aliphatic carbocycles. The van der Waals surface area contributed by atoms with Crippen LogP contribution in [0.4, 0.5) is 0 Å². The van der Waals surface area contributed by atoms with Gasteiger partial charge in [0, 0.05) is 48.1 Å². The predicted octanol–water partition coefficient (Wildman–Crippen LogP) is 3.70. The van der Waals surface area contributed by atoms with E-state index in [0.29, 0.717) is 29.3 Å². The maximum absolute atomic E-state index is 13.3. The Kier molecular flexibility index (Phi) is 5.40. The van der Waals surface area contributed by atoms with Crippen molar-refractivity contribution in [3.63, 3.8) is 0 Å². The Morgan fingerprint density at radius 2 is 2.06 bits per heavy atom. The Morgan fingerprint density at radius 3 is 2.88 bits per heavy atom. The second-order valence-electron chi connectivity index (χ2n) is 7.97. The van der Waals surface area contributed by atoms with Gasteiger partial charge in [0.25, 0.3) is 11.8 Å². The molecule has 1 fully saturated rings. The van der Waals surface area contributed by atoms with Gasteiger partial charge in [-0.05, 0) is 31.0 Å². The lowest BCUT2D eigenvalue weighted by Crippen LogP contribution is -2.29. The van der Waals surface area contributed by atoms with E-state index in [0.717, 1.165) is 33.2 Å². The van der Waals surface area contributed by atoms with Gasteiger partial charge in [0.05, 0.1) is 11.5 Å². The van der Waals surface area contributed by atoms with Crippen molar-refractivity contribution >= 4 is 44.3 Å². The third-order valence-corrected chi connectivity index (χ3v) is 7.16. The highest BCUT2D eigenvalue weighted by molar-refractivity contribution is 7.20.